The van der Waals surface area contributed by atoms with E-state index in [9.17, 15) is 18.5 Å². The molecule has 1 aromatic carbocycles. The van der Waals surface area contributed by atoms with Crippen molar-refractivity contribution < 1.29 is 18.1 Å². The molecule has 0 radical (unpaired) electrons. The molecular weight excluding hydrogens is 286 g/mol. The van der Waals surface area contributed by atoms with Crippen LogP contribution in [0.2, 0.25) is 0 Å². The lowest BCUT2D eigenvalue weighted by Crippen LogP contribution is -2.48. The van der Waals surface area contributed by atoms with Crippen LogP contribution in [0.5, 0.6) is 0 Å². The standard InChI is InChI=1S/C11H15N3O5S/c12-7-10-8-13(5-6-19-10)20(17,18)11-3-1-9(2-4-11)14(15)16/h1-4,10H,5-8,12H2. The smallest absolute Gasteiger partial charge is 0.269 e. The summed E-state index contributed by atoms with van der Waals surface area (Å²) in [6.07, 6.45) is -0.323. The number of sulfonamides is 1. The van der Waals surface area contributed by atoms with E-state index in [0.29, 0.717) is 0 Å². The maximum Gasteiger partial charge on any atom is 0.269 e. The van der Waals surface area contributed by atoms with Gasteiger partial charge in [-0.05, 0) is 12.1 Å². The molecule has 0 bridgehead atoms. The second-order valence-corrected chi connectivity index (χ2v) is 6.28. The van der Waals surface area contributed by atoms with Gasteiger partial charge in [-0.25, -0.2) is 8.42 Å². The van der Waals surface area contributed by atoms with Crippen LogP contribution in [-0.2, 0) is 14.8 Å². The number of nitro groups is 1. The highest BCUT2D eigenvalue weighted by molar-refractivity contribution is 7.89. The number of hydrogen-bond acceptors (Lipinski definition) is 6. The first-order valence-corrected chi connectivity index (χ1v) is 7.45. The molecule has 8 nitrogen and oxygen atoms in total. The molecular formula is C11H15N3O5S. The summed E-state index contributed by atoms with van der Waals surface area (Å²) in [6, 6.07) is 4.82. The first-order valence-electron chi connectivity index (χ1n) is 6.01. The summed E-state index contributed by atoms with van der Waals surface area (Å²) in [7, 11) is -3.67. The molecule has 1 aromatic rings. The molecule has 0 saturated carbocycles. The van der Waals surface area contributed by atoms with E-state index in [-0.39, 0.29) is 42.9 Å². The maximum absolute atomic E-state index is 12.4. The van der Waals surface area contributed by atoms with Gasteiger partial charge >= 0.3 is 0 Å². The molecule has 0 aromatic heterocycles. The number of nitrogens with two attached hydrogens (primary N) is 1. The van der Waals surface area contributed by atoms with Crippen molar-refractivity contribution >= 4 is 15.7 Å². The molecule has 0 amide bonds. The minimum Gasteiger partial charge on any atom is -0.374 e. The molecule has 20 heavy (non-hydrogen) atoms. The zero-order valence-electron chi connectivity index (χ0n) is 10.6. The molecule has 1 aliphatic heterocycles. The average Bonchev–Trinajstić information content (AvgIpc) is 2.47. The van der Waals surface area contributed by atoms with Crippen molar-refractivity contribution in [2.45, 2.75) is 11.0 Å². The Hall–Kier alpha value is -1.55. The van der Waals surface area contributed by atoms with Crippen molar-refractivity contribution in [1.29, 1.82) is 0 Å². The second kappa shape index (κ2) is 5.83. The Kier molecular flexibility index (Phi) is 4.33. The third kappa shape index (κ3) is 2.96. The Morgan fingerprint density at radius 1 is 1.40 bits per heavy atom. The maximum atomic E-state index is 12.4. The van der Waals surface area contributed by atoms with E-state index in [1.54, 1.807) is 0 Å². The highest BCUT2D eigenvalue weighted by Gasteiger charge is 2.30. The van der Waals surface area contributed by atoms with Crippen LogP contribution in [-0.4, -0.2) is 50.0 Å². The highest BCUT2D eigenvalue weighted by atomic mass is 32.2. The van der Waals surface area contributed by atoms with Crippen molar-refractivity contribution in [2.24, 2.45) is 5.73 Å². The Labute approximate surface area is 116 Å². The van der Waals surface area contributed by atoms with Gasteiger partial charge in [0.1, 0.15) is 0 Å². The fourth-order valence-electron chi connectivity index (χ4n) is 1.94. The van der Waals surface area contributed by atoms with Crippen LogP contribution in [0.4, 0.5) is 5.69 Å². The largest absolute Gasteiger partial charge is 0.374 e. The monoisotopic (exact) mass is 301 g/mol. The fourth-order valence-corrected chi connectivity index (χ4v) is 3.40. The third-order valence-electron chi connectivity index (χ3n) is 3.05. The van der Waals surface area contributed by atoms with Crippen molar-refractivity contribution in [1.82, 2.24) is 4.31 Å². The van der Waals surface area contributed by atoms with E-state index < -0.39 is 14.9 Å². The molecule has 1 fully saturated rings. The van der Waals surface area contributed by atoms with Gasteiger partial charge in [-0.1, -0.05) is 0 Å². The van der Waals surface area contributed by atoms with Gasteiger partial charge in [0.05, 0.1) is 22.5 Å². The topological polar surface area (TPSA) is 116 Å². The quantitative estimate of drug-likeness (QED) is 0.615. The highest BCUT2D eigenvalue weighted by Crippen LogP contribution is 2.21. The lowest BCUT2D eigenvalue weighted by molar-refractivity contribution is -0.384. The summed E-state index contributed by atoms with van der Waals surface area (Å²) in [5.74, 6) is 0. The predicted molar refractivity (Wildman–Crippen MR) is 70.6 cm³/mol. The average molecular weight is 301 g/mol. The van der Waals surface area contributed by atoms with Crippen LogP contribution in [0.3, 0.4) is 0 Å². The molecule has 1 aliphatic rings. The van der Waals surface area contributed by atoms with E-state index >= 15 is 0 Å². The molecule has 2 rings (SSSR count). The summed E-state index contributed by atoms with van der Waals surface area (Å²) >= 11 is 0. The van der Waals surface area contributed by atoms with Gasteiger partial charge in [-0.3, -0.25) is 10.1 Å². The summed E-state index contributed by atoms with van der Waals surface area (Å²) in [6.45, 7) is 0.964. The minimum atomic E-state index is -3.67. The molecule has 1 heterocycles. The van der Waals surface area contributed by atoms with Crippen molar-refractivity contribution in [3.63, 3.8) is 0 Å². The van der Waals surface area contributed by atoms with Gasteiger partial charge in [-0.2, -0.15) is 4.31 Å². The molecule has 0 spiro atoms. The minimum absolute atomic E-state index is 0.0285. The lowest BCUT2D eigenvalue weighted by atomic mass is 10.3. The van der Waals surface area contributed by atoms with E-state index in [4.69, 9.17) is 10.5 Å². The van der Waals surface area contributed by atoms with Crippen LogP contribution in [0, 0.1) is 10.1 Å². The van der Waals surface area contributed by atoms with Gasteiger partial charge in [0.25, 0.3) is 5.69 Å². The van der Waals surface area contributed by atoms with Gasteiger partial charge in [-0.15, -0.1) is 0 Å². The molecule has 1 saturated heterocycles. The number of ether oxygens (including phenoxy) is 1. The first-order chi connectivity index (χ1) is 9.45. The van der Waals surface area contributed by atoms with E-state index in [1.165, 1.54) is 28.6 Å². The SMILES string of the molecule is NCC1CN(S(=O)(=O)c2ccc([N+](=O)[O-])cc2)CCO1. The first kappa shape index (κ1) is 14.9. The summed E-state index contributed by atoms with van der Waals surface area (Å²) in [4.78, 5) is 10.0. The van der Waals surface area contributed by atoms with Gasteiger partial charge in [0, 0.05) is 31.8 Å². The van der Waals surface area contributed by atoms with Crippen molar-refractivity contribution in [3.05, 3.63) is 34.4 Å². The second-order valence-electron chi connectivity index (χ2n) is 4.34. The zero-order valence-corrected chi connectivity index (χ0v) is 11.5. The lowest BCUT2D eigenvalue weighted by Gasteiger charge is -2.31. The summed E-state index contributed by atoms with van der Waals surface area (Å²) in [5, 5.41) is 10.6. The molecule has 1 atom stereocenters. The zero-order chi connectivity index (χ0) is 14.8. The number of nitrogens with zero attached hydrogens (tertiary/aromatic N) is 2. The van der Waals surface area contributed by atoms with Gasteiger partial charge in [0.2, 0.25) is 10.0 Å². The Morgan fingerprint density at radius 2 is 2.05 bits per heavy atom. The fraction of sp³-hybridized carbons (Fsp3) is 0.455. The number of nitro benzene ring substituents is 1. The molecule has 110 valence electrons. The van der Waals surface area contributed by atoms with E-state index in [1.807, 2.05) is 0 Å². The van der Waals surface area contributed by atoms with Crippen molar-refractivity contribution in [3.8, 4) is 0 Å². The molecule has 1 unspecified atom stereocenters. The normalized spacial score (nSPS) is 20.8. The van der Waals surface area contributed by atoms with Crippen LogP contribution >= 0.6 is 0 Å². The van der Waals surface area contributed by atoms with Crippen LogP contribution in [0.1, 0.15) is 0 Å². The van der Waals surface area contributed by atoms with Gasteiger partial charge < -0.3 is 10.5 Å². The Morgan fingerprint density at radius 3 is 2.60 bits per heavy atom. The third-order valence-corrected chi connectivity index (χ3v) is 4.93. The number of rotatable bonds is 4. The van der Waals surface area contributed by atoms with E-state index in [2.05, 4.69) is 0 Å². The Balaban J connectivity index is 2.23. The van der Waals surface area contributed by atoms with Crippen molar-refractivity contribution in [2.75, 3.05) is 26.2 Å². The van der Waals surface area contributed by atoms with Gasteiger partial charge in [0.15, 0.2) is 0 Å². The number of benzene rings is 1. The predicted octanol–water partition coefficient (Wildman–Crippen LogP) is -0.0570. The van der Waals surface area contributed by atoms with E-state index in [0.717, 1.165) is 0 Å². The number of hydrogen-bond donors (Lipinski definition) is 1. The van der Waals surface area contributed by atoms with Crippen LogP contribution < -0.4 is 5.73 Å². The molecule has 0 aliphatic carbocycles. The molecule has 2 N–H and O–H groups in total. The Bertz CT molecular complexity index is 587. The van der Waals surface area contributed by atoms with Crippen LogP contribution in [0.25, 0.3) is 0 Å². The summed E-state index contributed by atoms with van der Waals surface area (Å²) < 4.78 is 31.4. The van der Waals surface area contributed by atoms with Crippen LogP contribution in [0.15, 0.2) is 29.2 Å². The number of morpholine rings is 1. The summed E-state index contributed by atoms with van der Waals surface area (Å²) in [5.41, 5.74) is 5.33. The molecule has 9 heteroatoms. The number of non-ortho nitro benzene ring substituents is 1.